The number of aromatic nitrogens is 1. The van der Waals surface area contributed by atoms with E-state index in [-0.39, 0.29) is 5.69 Å². The van der Waals surface area contributed by atoms with Gasteiger partial charge in [-0.15, -0.1) is 0 Å². The molecule has 88 valence electrons. The molecule has 0 aliphatic heterocycles. The number of carbonyl (C=O) groups is 1. The van der Waals surface area contributed by atoms with Crippen LogP contribution in [0.25, 0.3) is 0 Å². The van der Waals surface area contributed by atoms with Crippen LogP contribution >= 0.6 is 0 Å². The molecule has 1 atom stereocenters. The number of halogens is 3. The van der Waals surface area contributed by atoms with E-state index in [0.717, 1.165) is 6.92 Å². The Bertz CT molecular complexity index is 393. The number of nitrogens with zero attached hydrogens (tertiary/aromatic N) is 1. The molecule has 1 rings (SSSR count). The first-order chi connectivity index (χ1) is 7.32. The van der Waals surface area contributed by atoms with Gasteiger partial charge in [0.2, 0.25) is 0 Å². The van der Waals surface area contributed by atoms with E-state index in [4.69, 9.17) is 5.11 Å². The second kappa shape index (κ2) is 4.38. The highest BCUT2D eigenvalue weighted by Crippen LogP contribution is 2.24. The van der Waals surface area contributed by atoms with E-state index in [2.05, 4.69) is 10.3 Å². The van der Waals surface area contributed by atoms with Crippen LogP contribution in [0.5, 0.6) is 0 Å². The third kappa shape index (κ3) is 2.85. The van der Waals surface area contributed by atoms with Crippen molar-refractivity contribution in [3.05, 3.63) is 24.0 Å². The van der Waals surface area contributed by atoms with Gasteiger partial charge in [0.15, 0.2) is 5.69 Å². The Balaban J connectivity index is 2.93. The van der Waals surface area contributed by atoms with Gasteiger partial charge in [0.05, 0.1) is 5.69 Å². The largest absolute Gasteiger partial charge is 0.476 e. The molecule has 0 amide bonds. The minimum absolute atomic E-state index is 0.153. The van der Waals surface area contributed by atoms with Crippen molar-refractivity contribution >= 4 is 11.7 Å². The third-order valence-electron chi connectivity index (χ3n) is 1.87. The van der Waals surface area contributed by atoms with Gasteiger partial charge in [-0.25, -0.2) is 9.78 Å². The number of nitrogens with one attached hydrogen (secondary N) is 1. The maximum Gasteiger partial charge on any atom is 0.408 e. The Kier molecular flexibility index (Phi) is 3.36. The van der Waals surface area contributed by atoms with Crippen LogP contribution in [0, 0.1) is 0 Å². The predicted molar refractivity (Wildman–Crippen MR) is 50.3 cm³/mol. The highest BCUT2D eigenvalue weighted by molar-refractivity contribution is 5.91. The third-order valence-corrected chi connectivity index (χ3v) is 1.87. The number of hydrogen-bond donors (Lipinski definition) is 2. The molecule has 1 heterocycles. The second-order valence-corrected chi connectivity index (χ2v) is 3.11. The summed E-state index contributed by atoms with van der Waals surface area (Å²) in [6, 6.07) is 0.756. The Morgan fingerprint density at radius 2 is 2.19 bits per heavy atom. The van der Waals surface area contributed by atoms with Gasteiger partial charge in [-0.1, -0.05) is 0 Å². The molecule has 0 saturated heterocycles. The van der Waals surface area contributed by atoms with Crippen molar-refractivity contribution < 1.29 is 23.1 Å². The smallest absolute Gasteiger partial charge is 0.408 e. The average molecular weight is 234 g/mol. The Labute approximate surface area is 89.1 Å². The van der Waals surface area contributed by atoms with Crippen LogP contribution in [0.2, 0.25) is 0 Å². The first-order valence-electron chi connectivity index (χ1n) is 4.34. The van der Waals surface area contributed by atoms with E-state index < -0.39 is 23.9 Å². The van der Waals surface area contributed by atoms with Crippen LogP contribution < -0.4 is 5.32 Å². The molecule has 1 unspecified atom stereocenters. The summed E-state index contributed by atoms with van der Waals surface area (Å²) < 4.78 is 36.7. The highest BCUT2D eigenvalue weighted by Gasteiger charge is 2.36. The van der Waals surface area contributed by atoms with Crippen molar-refractivity contribution in [2.75, 3.05) is 5.32 Å². The molecule has 16 heavy (non-hydrogen) atoms. The van der Waals surface area contributed by atoms with Gasteiger partial charge in [-0.3, -0.25) is 0 Å². The molecule has 0 bridgehead atoms. The summed E-state index contributed by atoms with van der Waals surface area (Å²) in [5.41, 5.74) is -0.585. The van der Waals surface area contributed by atoms with Crippen molar-refractivity contribution in [3.8, 4) is 0 Å². The summed E-state index contributed by atoms with van der Waals surface area (Å²) in [5, 5.41) is 10.8. The van der Waals surface area contributed by atoms with E-state index >= 15 is 0 Å². The number of pyridine rings is 1. The van der Waals surface area contributed by atoms with Crippen LogP contribution in [0.15, 0.2) is 18.3 Å². The molecule has 2 N–H and O–H groups in total. The van der Waals surface area contributed by atoms with Crippen LogP contribution in [-0.2, 0) is 0 Å². The van der Waals surface area contributed by atoms with Crippen molar-refractivity contribution in [3.63, 3.8) is 0 Å². The van der Waals surface area contributed by atoms with E-state index in [0.29, 0.717) is 0 Å². The number of carboxylic acids is 1. The zero-order chi connectivity index (χ0) is 12.3. The molecule has 0 spiro atoms. The minimum atomic E-state index is -4.44. The van der Waals surface area contributed by atoms with Gasteiger partial charge >= 0.3 is 12.1 Å². The zero-order valence-electron chi connectivity index (χ0n) is 8.25. The van der Waals surface area contributed by atoms with Crippen LogP contribution in [0.3, 0.4) is 0 Å². The molecule has 7 heteroatoms. The maximum atomic E-state index is 12.2. The molecule has 0 saturated carbocycles. The maximum absolute atomic E-state index is 12.2. The summed E-state index contributed by atoms with van der Waals surface area (Å²) in [7, 11) is 0. The van der Waals surface area contributed by atoms with E-state index in [1.54, 1.807) is 0 Å². The van der Waals surface area contributed by atoms with Gasteiger partial charge in [0, 0.05) is 6.20 Å². The molecule has 0 aromatic carbocycles. The average Bonchev–Trinajstić information content (AvgIpc) is 2.16. The Morgan fingerprint density at radius 1 is 1.56 bits per heavy atom. The summed E-state index contributed by atoms with van der Waals surface area (Å²) in [6.45, 7) is 0.901. The fourth-order valence-corrected chi connectivity index (χ4v) is 1.01. The van der Waals surface area contributed by atoms with Gasteiger partial charge in [0.25, 0.3) is 0 Å². The van der Waals surface area contributed by atoms with Gasteiger partial charge in [-0.05, 0) is 19.1 Å². The summed E-state index contributed by atoms with van der Waals surface area (Å²) in [4.78, 5) is 14.2. The van der Waals surface area contributed by atoms with Crippen LogP contribution in [0.1, 0.15) is 17.4 Å². The van der Waals surface area contributed by atoms with E-state index in [9.17, 15) is 18.0 Å². The van der Waals surface area contributed by atoms with E-state index in [1.165, 1.54) is 18.3 Å². The lowest BCUT2D eigenvalue weighted by atomic mass is 10.2. The van der Waals surface area contributed by atoms with Crippen molar-refractivity contribution in [2.45, 2.75) is 19.1 Å². The number of rotatable bonds is 3. The van der Waals surface area contributed by atoms with Gasteiger partial charge < -0.3 is 10.4 Å². The number of aromatic carboxylic acids is 1. The Morgan fingerprint density at radius 3 is 2.69 bits per heavy atom. The monoisotopic (exact) mass is 234 g/mol. The summed E-state index contributed by atoms with van der Waals surface area (Å²) in [6.07, 6.45) is -3.24. The molecule has 0 fully saturated rings. The molecule has 0 aliphatic carbocycles. The molecule has 0 radical (unpaired) electrons. The lowest BCUT2D eigenvalue weighted by Gasteiger charge is -2.18. The van der Waals surface area contributed by atoms with Crippen LogP contribution in [0.4, 0.5) is 18.9 Å². The molecule has 0 aliphatic rings. The molecular weight excluding hydrogens is 225 g/mol. The highest BCUT2D eigenvalue weighted by atomic mass is 19.4. The van der Waals surface area contributed by atoms with E-state index in [1.807, 2.05) is 0 Å². The second-order valence-electron chi connectivity index (χ2n) is 3.11. The normalized spacial score (nSPS) is 13.2. The standard InChI is InChI=1S/C9H9F3N2O2/c1-5(9(10,11)12)14-6-3-2-4-13-7(6)8(15)16/h2-5,14H,1H3,(H,15,16). The summed E-state index contributed by atoms with van der Waals surface area (Å²) >= 11 is 0. The topological polar surface area (TPSA) is 62.2 Å². The SMILES string of the molecule is CC(Nc1cccnc1C(=O)O)C(F)(F)F. The molecule has 4 nitrogen and oxygen atoms in total. The number of alkyl halides is 3. The van der Waals surface area contributed by atoms with Gasteiger partial charge in [-0.2, -0.15) is 13.2 Å². The minimum Gasteiger partial charge on any atom is -0.476 e. The van der Waals surface area contributed by atoms with Crippen LogP contribution in [-0.4, -0.2) is 28.3 Å². The fourth-order valence-electron chi connectivity index (χ4n) is 1.01. The number of carboxylic acid groups (broad SMARTS) is 1. The fraction of sp³-hybridized carbons (Fsp3) is 0.333. The lowest BCUT2D eigenvalue weighted by molar-refractivity contribution is -0.138. The van der Waals surface area contributed by atoms with Gasteiger partial charge in [0.1, 0.15) is 6.04 Å². The first-order valence-corrected chi connectivity index (χ1v) is 4.34. The van der Waals surface area contributed by atoms with Crippen molar-refractivity contribution in [1.29, 1.82) is 0 Å². The molecular formula is C9H9F3N2O2. The quantitative estimate of drug-likeness (QED) is 0.841. The Hall–Kier alpha value is -1.79. The number of hydrogen-bond acceptors (Lipinski definition) is 3. The predicted octanol–water partition coefficient (Wildman–Crippen LogP) is 2.14. The van der Waals surface area contributed by atoms with Crippen molar-refractivity contribution in [1.82, 2.24) is 4.98 Å². The zero-order valence-corrected chi connectivity index (χ0v) is 8.25. The first kappa shape index (κ1) is 12.3. The summed E-state index contributed by atoms with van der Waals surface area (Å²) in [5.74, 6) is -1.38. The number of anilines is 1. The molecule has 1 aromatic rings. The molecule has 1 aromatic heterocycles. The van der Waals surface area contributed by atoms with Crippen molar-refractivity contribution in [2.24, 2.45) is 0 Å². The lowest BCUT2D eigenvalue weighted by Crippen LogP contribution is -2.33.